The first-order chi connectivity index (χ1) is 4.66. The van der Waals surface area contributed by atoms with Crippen LogP contribution in [0.2, 0.25) is 0 Å². The molecule has 1 fully saturated rings. The topological polar surface area (TPSA) is 3.24 Å². The third kappa shape index (κ3) is 1.05. The molecule has 0 spiro atoms. The second kappa shape index (κ2) is 2.65. The average molecular weight is 139 g/mol. The van der Waals surface area contributed by atoms with E-state index in [-0.39, 0.29) is 0 Å². The maximum Gasteiger partial charge on any atom is 0.0206 e. The Bertz CT molecular complexity index is 140. The van der Waals surface area contributed by atoms with Gasteiger partial charge in [0, 0.05) is 18.8 Å². The molecule has 0 aromatic heterocycles. The van der Waals surface area contributed by atoms with E-state index < -0.39 is 0 Å². The average Bonchev–Trinajstić information content (AvgIpc) is 2.17. The fourth-order valence-corrected chi connectivity index (χ4v) is 1.57. The van der Waals surface area contributed by atoms with Crippen molar-refractivity contribution in [3.63, 3.8) is 0 Å². The molecule has 1 heteroatoms. The van der Waals surface area contributed by atoms with Gasteiger partial charge in [-0.25, -0.2) is 0 Å². The van der Waals surface area contributed by atoms with Gasteiger partial charge in [0.25, 0.3) is 0 Å². The first kappa shape index (κ1) is 7.64. The lowest BCUT2D eigenvalue weighted by Gasteiger charge is -2.16. The van der Waals surface area contributed by atoms with Crippen molar-refractivity contribution >= 4 is 0 Å². The van der Waals surface area contributed by atoms with Crippen LogP contribution in [-0.2, 0) is 0 Å². The number of hydrogen-bond acceptors (Lipinski definition) is 1. The molecule has 0 amide bonds. The van der Waals surface area contributed by atoms with Crippen LogP contribution in [-0.4, -0.2) is 18.0 Å². The number of nitrogens with zero attached hydrogens (tertiary/aromatic N) is 1. The van der Waals surface area contributed by atoms with Gasteiger partial charge in [-0.1, -0.05) is 20.4 Å². The second-order valence-electron chi connectivity index (χ2n) is 3.30. The summed E-state index contributed by atoms with van der Waals surface area (Å²) in [5.74, 6) is 1.49. The Balaban J connectivity index is 2.62. The van der Waals surface area contributed by atoms with Crippen LogP contribution < -0.4 is 0 Å². The van der Waals surface area contributed by atoms with Crippen molar-refractivity contribution < 1.29 is 0 Å². The highest BCUT2D eigenvalue weighted by atomic mass is 15.2. The van der Waals surface area contributed by atoms with Crippen molar-refractivity contribution in [3.8, 4) is 0 Å². The maximum atomic E-state index is 4.06. The molecule has 0 aromatic rings. The summed E-state index contributed by atoms with van der Waals surface area (Å²) in [5.41, 5.74) is 1.33. The summed E-state index contributed by atoms with van der Waals surface area (Å²) < 4.78 is 0. The molecule has 0 radical (unpaired) electrons. The van der Waals surface area contributed by atoms with Gasteiger partial charge in [-0.05, 0) is 18.8 Å². The molecule has 1 nitrogen and oxygen atoms in total. The molecule has 1 aliphatic heterocycles. The molecule has 0 bridgehead atoms. The second-order valence-corrected chi connectivity index (χ2v) is 3.30. The summed E-state index contributed by atoms with van der Waals surface area (Å²) in [6, 6.07) is 0. The van der Waals surface area contributed by atoms with Crippen molar-refractivity contribution in [1.29, 1.82) is 0 Å². The third-order valence-corrected chi connectivity index (χ3v) is 2.68. The Morgan fingerprint density at radius 3 is 2.40 bits per heavy atom. The van der Waals surface area contributed by atoms with Crippen molar-refractivity contribution in [1.82, 2.24) is 4.90 Å². The van der Waals surface area contributed by atoms with E-state index in [0.717, 1.165) is 12.5 Å². The smallest absolute Gasteiger partial charge is 0.0206 e. The molecule has 1 rings (SSSR count). The highest BCUT2D eigenvalue weighted by Crippen LogP contribution is 2.30. The van der Waals surface area contributed by atoms with Crippen LogP contribution in [0.4, 0.5) is 0 Å². The summed E-state index contributed by atoms with van der Waals surface area (Å²) in [5, 5.41) is 0. The van der Waals surface area contributed by atoms with Crippen molar-refractivity contribution in [2.45, 2.75) is 20.8 Å². The zero-order valence-electron chi connectivity index (χ0n) is 7.22. The molecule has 0 N–H and O–H groups in total. The van der Waals surface area contributed by atoms with Crippen molar-refractivity contribution in [2.24, 2.45) is 11.8 Å². The highest BCUT2D eigenvalue weighted by molar-refractivity contribution is 5.06. The Morgan fingerprint density at radius 1 is 1.60 bits per heavy atom. The van der Waals surface area contributed by atoms with Gasteiger partial charge in [0.15, 0.2) is 0 Å². The standard InChI is InChI=1S/C9H17N/c1-5-10-6-7(2)8(3)9(10)4/h7-8H,4-6H2,1-3H3. The van der Waals surface area contributed by atoms with E-state index in [9.17, 15) is 0 Å². The normalized spacial score (nSPS) is 33.5. The van der Waals surface area contributed by atoms with Crippen LogP contribution in [0.15, 0.2) is 12.3 Å². The van der Waals surface area contributed by atoms with Crippen molar-refractivity contribution in [3.05, 3.63) is 12.3 Å². The Kier molecular flexibility index (Phi) is 2.02. The molecule has 1 aliphatic rings. The summed E-state index contributed by atoms with van der Waals surface area (Å²) >= 11 is 0. The predicted molar refractivity (Wildman–Crippen MR) is 44.7 cm³/mol. The van der Waals surface area contributed by atoms with E-state index in [1.807, 2.05) is 0 Å². The molecule has 0 aliphatic carbocycles. The number of allylic oxidation sites excluding steroid dienone is 1. The van der Waals surface area contributed by atoms with Gasteiger partial charge in [-0.2, -0.15) is 0 Å². The van der Waals surface area contributed by atoms with E-state index >= 15 is 0 Å². The lowest BCUT2D eigenvalue weighted by Crippen LogP contribution is -2.17. The van der Waals surface area contributed by atoms with E-state index in [1.165, 1.54) is 12.2 Å². The Hall–Kier alpha value is -0.460. The van der Waals surface area contributed by atoms with Gasteiger partial charge in [-0.15, -0.1) is 0 Å². The highest BCUT2D eigenvalue weighted by Gasteiger charge is 2.27. The molecule has 58 valence electrons. The zero-order valence-corrected chi connectivity index (χ0v) is 7.22. The minimum absolute atomic E-state index is 0.694. The fourth-order valence-electron chi connectivity index (χ4n) is 1.57. The fraction of sp³-hybridized carbons (Fsp3) is 0.778. The van der Waals surface area contributed by atoms with Gasteiger partial charge in [0.05, 0.1) is 0 Å². The van der Waals surface area contributed by atoms with Crippen LogP contribution in [0.1, 0.15) is 20.8 Å². The molecular weight excluding hydrogens is 122 g/mol. The Morgan fingerprint density at radius 2 is 2.20 bits per heavy atom. The van der Waals surface area contributed by atoms with E-state index in [1.54, 1.807) is 0 Å². The van der Waals surface area contributed by atoms with Gasteiger partial charge < -0.3 is 4.90 Å². The van der Waals surface area contributed by atoms with Crippen LogP contribution in [0, 0.1) is 11.8 Å². The van der Waals surface area contributed by atoms with Crippen LogP contribution in [0.3, 0.4) is 0 Å². The molecule has 2 atom stereocenters. The zero-order chi connectivity index (χ0) is 7.72. The summed E-state index contributed by atoms with van der Waals surface area (Å²) in [4.78, 5) is 2.37. The third-order valence-electron chi connectivity index (χ3n) is 2.68. The van der Waals surface area contributed by atoms with Crippen LogP contribution >= 0.6 is 0 Å². The minimum atomic E-state index is 0.694. The summed E-state index contributed by atoms with van der Waals surface area (Å²) in [6.45, 7) is 13.1. The van der Waals surface area contributed by atoms with Crippen molar-refractivity contribution in [2.75, 3.05) is 13.1 Å². The van der Waals surface area contributed by atoms with Gasteiger partial charge in [-0.3, -0.25) is 0 Å². The molecule has 2 unspecified atom stereocenters. The largest absolute Gasteiger partial charge is 0.375 e. The first-order valence-electron chi connectivity index (χ1n) is 4.10. The quantitative estimate of drug-likeness (QED) is 0.538. The SMILES string of the molecule is C=C1C(C)C(C)CN1CC. The number of hydrogen-bond donors (Lipinski definition) is 0. The lowest BCUT2D eigenvalue weighted by atomic mass is 9.99. The summed E-state index contributed by atoms with van der Waals surface area (Å²) in [7, 11) is 0. The lowest BCUT2D eigenvalue weighted by molar-refractivity contribution is 0.391. The number of rotatable bonds is 1. The number of likely N-dealkylation sites (tertiary alicyclic amines) is 1. The van der Waals surface area contributed by atoms with Gasteiger partial charge in [0.1, 0.15) is 0 Å². The van der Waals surface area contributed by atoms with Gasteiger partial charge in [0.2, 0.25) is 0 Å². The monoisotopic (exact) mass is 139 g/mol. The van der Waals surface area contributed by atoms with Crippen LogP contribution in [0.5, 0.6) is 0 Å². The maximum absolute atomic E-state index is 4.06. The van der Waals surface area contributed by atoms with Gasteiger partial charge >= 0.3 is 0 Å². The van der Waals surface area contributed by atoms with E-state index in [2.05, 4.69) is 32.3 Å². The molecule has 0 aromatic carbocycles. The molecule has 1 heterocycles. The molecular formula is C9H17N. The molecule has 10 heavy (non-hydrogen) atoms. The van der Waals surface area contributed by atoms with E-state index in [4.69, 9.17) is 0 Å². The molecule has 0 saturated carbocycles. The Labute approximate surface area is 63.7 Å². The minimum Gasteiger partial charge on any atom is -0.375 e. The van der Waals surface area contributed by atoms with Crippen LogP contribution in [0.25, 0.3) is 0 Å². The summed E-state index contributed by atoms with van der Waals surface area (Å²) in [6.07, 6.45) is 0. The predicted octanol–water partition coefficient (Wildman–Crippen LogP) is 2.11. The first-order valence-corrected chi connectivity index (χ1v) is 4.10. The molecule has 1 saturated heterocycles. The van der Waals surface area contributed by atoms with E-state index in [0.29, 0.717) is 5.92 Å².